The molecule has 1 amide bonds. The third-order valence-corrected chi connectivity index (χ3v) is 5.53. The van der Waals surface area contributed by atoms with Crippen molar-refractivity contribution in [2.45, 2.75) is 6.42 Å². The van der Waals surface area contributed by atoms with Crippen LogP contribution < -0.4 is 15.6 Å². The van der Waals surface area contributed by atoms with Gasteiger partial charge in [0, 0.05) is 17.7 Å². The number of fused-ring (bicyclic) bond motifs is 3. The summed E-state index contributed by atoms with van der Waals surface area (Å²) < 4.78 is 6.82. The number of nitrogens with zero attached hydrogens (tertiary/aromatic N) is 3. The standard InChI is InChI=1S/C25H21N5O3/c1-33-19-10-7-17(8-11-19)22-23-27-25(32)20-12-9-18(15-21(20)30(23)29-28-22)24(31)26-14-13-16-5-3-2-4-6-16/h2-12,15,29H,13-14H2,1H3,(H,26,31). The maximum Gasteiger partial charge on any atom is 0.281 e. The molecule has 0 radical (unpaired) electrons. The average molecular weight is 439 g/mol. The molecular formula is C25H21N5O3. The van der Waals surface area contributed by atoms with Crippen LogP contribution in [0.25, 0.3) is 27.8 Å². The molecule has 0 aliphatic rings. The Bertz CT molecular complexity index is 1500. The number of H-pyrrole nitrogens is 1. The Hall–Kier alpha value is -4.46. The molecule has 0 unspecified atom stereocenters. The van der Waals surface area contributed by atoms with E-state index in [2.05, 4.69) is 20.6 Å². The van der Waals surface area contributed by atoms with Gasteiger partial charge in [0.05, 0.1) is 18.0 Å². The normalized spacial score (nSPS) is 11.1. The molecule has 0 fully saturated rings. The molecule has 8 heteroatoms. The van der Waals surface area contributed by atoms with Crippen molar-refractivity contribution in [2.24, 2.45) is 0 Å². The van der Waals surface area contributed by atoms with Gasteiger partial charge in [-0.1, -0.05) is 30.3 Å². The van der Waals surface area contributed by atoms with Gasteiger partial charge in [-0.15, -0.1) is 0 Å². The number of aromatic nitrogens is 4. The molecule has 2 aromatic heterocycles. The second-order valence-corrected chi connectivity index (χ2v) is 7.59. The molecule has 5 rings (SSSR count). The van der Waals surface area contributed by atoms with Crippen LogP contribution in [-0.2, 0) is 6.42 Å². The van der Waals surface area contributed by atoms with E-state index in [0.29, 0.717) is 34.4 Å². The highest BCUT2D eigenvalue weighted by Crippen LogP contribution is 2.24. The number of carbonyl (C=O) groups is 1. The van der Waals surface area contributed by atoms with E-state index in [1.165, 1.54) is 0 Å². The van der Waals surface area contributed by atoms with Gasteiger partial charge >= 0.3 is 0 Å². The Morgan fingerprint density at radius 2 is 1.85 bits per heavy atom. The summed E-state index contributed by atoms with van der Waals surface area (Å²) in [5.74, 6) is 0.512. The Morgan fingerprint density at radius 3 is 2.61 bits per heavy atom. The zero-order valence-electron chi connectivity index (χ0n) is 17.9. The summed E-state index contributed by atoms with van der Waals surface area (Å²) in [4.78, 5) is 29.7. The highest BCUT2D eigenvalue weighted by molar-refractivity contribution is 5.98. The van der Waals surface area contributed by atoms with Crippen molar-refractivity contribution in [1.29, 1.82) is 0 Å². The predicted molar refractivity (Wildman–Crippen MR) is 126 cm³/mol. The van der Waals surface area contributed by atoms with E-state index in [1.54, 1.807) is 29.8 Å². The van der Waals surface area contributed by atoms with Gasteiger partial charge in [0.25, 0.3) is 11.5 Å². The third kappa shape index (κ3) is 3.94. The van der Waals surface area contributed by atoms with Crippen molar-refractivity contribution < 1.29 is 9.53 Å². The summed E-state index contributed by atoms with van der Waals surface area (Å²) in [5.41, 5.74) is 3.48. The molecule has 0 saturated heterocycles. The number of amides is 1. The Labute approximate surface area is 188 Å². The molecule has 3 aromatic carbocycles. The highest BCUT2D eigenvalue weighted by Gasteiger charge is 2.16. The summed E-state index contributed by atoms with van der Waals surface area (Å²) in [6, 6.07) is 22.2. The minimum Gasteiger partial charge on any atom is -0.497 e. The second-order valence-electron chi connectivity index (χ2n) is 7.59. The van der Waals surface area contributed by atoms with Crippen molar-refractivity contribution in [2.75, 3.05) is 13.7 Å². The number of methoxy groups -OCH3 is 1. The van der Waals surface area contributed by atoms with Crippen LogP contribution >= 0.6 is 0 Å². The lowest BCUT2D eigenvalue weighted by Crippen LogP contribution is -2.25. The summed E-state index contributed by atoms with van der Waals surface area (Å²) in [7, 11) is 1.60. The zero-order chi connectivity index (χ0) is 22.8. The van der Waals surface area contributed by atoms with E-state index in [4.69, 9.17) is 4.74 Å². The van der Waals surface area contributed by atoms with Crippen molar-refractivity contribution in [3.63, 3.8) is 0 Å². The van der Waals surface area contributed by atoms with Crippen LogP contribution in [0, 0.1) is 0 Å². The van der Waals surface area contributed by atoms with E-state index in [0.717, 1.165) is 23.3 Å². The summed E-state index contributed by atoms with van der Waals surface area (Å²) >= 11 is 0. The van der Waals surface area contributed by atoms with Gasteiger partial charge in [-0.05, 0) is 54.4 Å². The summed E-state index contributed by atoms with van der Waals surface area (Å²) in [6.45, 7) is 0.512. The quantitative estimate of drug-likeness (QED) is 0.423. The number of hydrogen-bond donors (Lipinski definition) is 2. The minimum atomic E-state index is -0.378. The molecule has 0 spiro atoms. The fourth-order valence-electron chi connectivity index (χ4n) is 3.78. The monoisotopic (exact) mass is 439 g/mol. The van der Waals surface area contributed by atoms with Gasteiger partial charge in [0.1, 0.15) is 11.4 Å². The first-order valence-electron chi connectivity index (χ1n) is 10.5. The molecule has 0 aliphatic heterocycles. The minimum absolute atomic E-state index is 0.208. The molecule has 164 valence electrons. The van der Waals surface area contributed by atoms with Crippen LogP contribution in [0.5, 0.6) is 5.75 Å². The molecule has 0 atom stereocenters. The molecule has 2 N–H and O–H groups in total. The zero-order valence-corrected chi connectivity index (χ0v) is 17.9. The first-order valence-corrected chi connectivity index (χ1v) is 10.5. The van der Waals surface area contributed by atoms with E-state index in [9.17, 15) is 9.59 Å². The van der Waals surface area contributed by atoms with Crippen molar-refractivity contribution in [1.82, 2.24) is 25.1 Å². The second kappa shape index (κ2) is 8.58. The first kappa shape index (κ1) is 20.4. The predicted octanol–water partition coefficient (Wildman–Crippen LogP) is 3.22. The van der Waals surface area contributed by atoms with Gasteiger partial charge in [-0.3, -0.25) is 9.59 Å². The Balaban J connectivity index is 1.47. The SMILES string of the molecule is COc1ccc(-c2n[nH]n3c2nc(=O)c2ccc(C(=O)NCCc4ccccc4)cc23)cc1. The summed E-state index contributed by atoms with van der Waals surface area (Å²) in [5, 5.41) is 10.6. The number of ether oxygens (including phenoxy) is 1. The maximum atomic E-state index is 12.7. The van der Waals surface area contributed by atoms with Gasteiger partial charge < -0.3 is 10.1 Å². The van der Waals surface area contributed by atoms with Gasteiger partial charge in [0.2, 0.25) is 0 Å². The maximum absolute atomic E-state index is 12.7. The lowest BCUT2D eigenvalue weighted by atomic mass is 10.1. The van der Waals surface area contributed by atoms with Crippen LogP contribution in [0.4, 0.5) is 0 Å². The lowest BCUT2D eigenvalue weighted by molar-refractivity contribution is 0.0954. The highest BCUT2D eigenvalue weighted by atomic mass is 16.5. The first-order chi connectivity index (χ1) is 16.1. The van der Waals surface area contributed by atoms with Crippen LogP contribution in [0.15, 0.2) is 77.6 Å². The van der Waals surface area contributed by atoms with Crippen LogP contribution in [-0.4, -0.2) is 39.4 Å². The number of benzene rings is 3. The summed E-state index contributed by atoms with van der Waals surface area (Å²) in [6.07, 6.45) is 0.736. The Morgan fingerprint density at radius 1 is 1.06 bits per heavy atom. The van der Waals surface area contributed by atoms with Gasteiger partial charge in [-0.2, -0.15) is 10.1 Å². The van der Waals surface area contributed by atoms with E-state index in [-0.39, 0.29) is 11.5 Å². The number of carbonyl (C=O) groups excluding carboxylic acids is 1. The topological polar surface area (TPSA) is 101 Å². The van der Waals surface area contributed by atoms with Crippen molar-refractivity contribution >= 4 is 22.5 Å². The number of nitrogens with one attached hydrogen (secondary N) is 2. The molecule has 0 aliphatic carbocycles. The van der Waals surface area contributed by atoms with Crippen LogP contribution in [0.1, 0.15) is 15.9 Å². The molecular weight excluding hydrogens is 418 g/mol. The van der Waals surface area contributed by atoms with Crippen LogP contribution in [0.3, 0.4) is 0 Å². The third-order valence-electron chi connectivity index (χ3n) is 5.53. The number of rotatable bonds is 6. The average Bonchev–Trinajstić information content (AvgIpc) is 3.28. The van der Waals surface area contributed by atoms with E-state index in [1.807, 2.05) is 54.6 Å². The molecule has 33 heavy (non-hydrogen) atoms. The van der Waals surface area contributed by atoms with Gasteiger partial charge in [-0.25, -0.2) is 9.73 Å². The smallest absolute Gasteiger partial charge is 0.281 e. The fraction of sp³-hybridized carbons (Fsp3) is 0.120. The van der Waals surface area contributed by atoms with Gasteiger partial charge in [0.15, 0.2) is 5.65 Å². The molecule has 0 bridgehead atoms. The molecule has 2 heterocycles. The fourth-order valence-corrected chi connectivity index (χ4v) is 3.78. The van der Waals surface area contributed by atoms with E-state index < -0.39 is 0 Å². The van der Waals surface area contributed by atoms with Crippen molar-refractivity contribution in [3.8, 4) is 17.0 Å². The number of hydrogen-bond acceptors (Lipinski definition) is 5. The van der Waals surface area contributed by atoms with Crippen LogP contribution in [0.2, 0.25) is 0 Å². The van der Waals surface area contributed by atoms with Crippen molar-refractivity contribution in [3.05, 3.63) is 94.3 Å². The van der Waals surface area contributed by atoms with E-state index >= 15 is 0 Å². The largest absolute Gasteiger partial charge is 0.497 e. The lowest BCUT2D eigenvalue weighted by Gasteiger charge is -2.07. The molecule has 0 saturated carbocycles. The molecule has 8 nitrogen and oxygen atoms in total. The Kier molecular flexibility index (Phi) is 5.32. The molecule has 5 aromatic rings. The number of aromatic amines is 1.